The minimum atomic E-state index is -0.149. The second-order valence-corrected chi connectivity index (χ2v) is 6.14. The van der Waals surface area contributed by atoms with Gasteiger partial charge in [0.2, 0.25) is 5.95 Å². The number of benzene rings is 1. The van der Waals surface area contributed by atoms with Gasteiger partial charge in [0.05, 0.1) is 5.69 Å². The van der Waals surface area contributed by atoms with Crippen LogP contribution in [0.2, 0.25) is 0 Å². The van der Waals surface area contributed by atoms with Crippen molar-refractivity contribution in [3.63, 3.8) is 0 Å². The first-order valence-corrected chi connectivity index (χ1v) is 8.51. The molecule has 9 heteroatoms. The van der Waals surface area contributed by atoms with E-state index in [1.807, 2.05) is 37.3 Å². The lowest BCUT2D eigenvalue weighted by Crippen LogP contribution is -2.37. The van der Waals surface area contributed by atoms with Gasteiger partial charge in [-0.2, -0.15) is 9.78 Å². The first kappa shape index (κ1) is 15.6. The Morgan fingerprint density at radius 1 is 1.28 bits per heavy atom. The average molecular weight is 340 g/mol. The molecule has 9 nitrogen and oxygen atoms in total. The number of nitrogens with zero attached hydrogens (tertiary/aromatic N) is 7. The lowest BCUT2D eigenvalue weighted by Gasteiger charge is -2.32. The van der Waals surface area contributed by atoms with Crippen molar-refractivity contribution < 1.29 is 0 Å². The van der Waals surface area contributed by atoms with Crippen LogP contribution in [-0.4, -0.2) is 48.1 Å². The van der Waals surface area contributed by atoms with Crippen LogP contribution in [0.1, 0.15) is 31.5 Å². The molecule has 0 saturated carbocycles. The van der Waals surface area contributed by atoms with E-state index in [0.29, 0.717) is 6.54 Å². The van der Waals surface area contributed by atoms with Crippen molar-refractivity contribution in [1.82, 2.24) is 35.0 Å². The van der Waals surface area contributed by atoms with E-state index in [4.69, 9.17) is 0 Å². The molecular weight excluding hydrogens is 320 g/mol. The van der Waals surface area contributed by atoms with Gasteiger partial charge >= 0.3 is 5.69 Å². The molecule has 1 N–H and O–H groups in total. The van der Waals surface area contributed by atoms with E-state index in [-0.39, 0.29) is 11.6 Å². The number of hydrogen-bond donors (Lipinski definition) is 1. The van der Waals surface area contributed by atoms with Crippen LogP contribution in [0.4, 0.5) is 5.95 Å². The molecule has 25 heavy (non-hydrogen) atoms. The van der Waals surface area contributed by atoms with Crippen LogP contribution in [0.15, 0.2) is 35.1 Å². The van der Waals surface area contributed by atoms with Gasteiger partial charge in [-0.25, -0.2) is 9.89 Å². The highest BCUT2D eigenvalue weighted by atomic mass is 16.1. The maximum absolute atomic E-state index is 11.9. The Morgan fingerprint density at radius 2 is 2.12 bits per heavy atom. The highest BCUT2D eigenvalue weighted by molar-refractivity contribution is 5.41. The number of H-pyrrole nitrogens is 1. The number of hydrogen-bond acceptors (Lipinski definition) is 6. The number of rotatable bonds is 4. The molecule has 3 heterocycles. The van der Waals surface area contributed by atoms with Crippen molar-refractivity contribution in [1.29, 1.82) is 0 Å². The number of aromatic amines is 1. The van der Waals surface area contributed by atoms with E-state index < -0.39 is 0 Å². The number of aromatic nitrogens is 7. The molecule has 1 atom stereocenters. The molecule has 1 aromatic carbocycles. The second kappa shape index (κ2) is 6.50. The van der Waals surface area contributed by atoms with Gasteiger partial charge in [0, 0.05) is 25.6 Å². The van der Waals surface area contributed by atoms with Crippen molar-refractivity contribution in [3.05, 3.63) is 46.6 Å². The maximum atomic E-state index is 11.9. The molecule has 1 aliphatic heterocycles. The zero-order valence-electron chi connectivity index (χ0n) is 14.0. The summed E-state index contributed by atoms with van der Waals surface area (Å²) in [4.78, 5) is 14.0. The molecular formula is C16H20N8O. The molecule has 1 saturated heterocycles. The summed E-state index contributed by atoms with van der Waals surface area (Å²) in [5.74, 6) is 1.71. The molecule has 0 aliphatic carbocycles. The van der Waals surface area contributed by atoms with Crippen molar-refractivity contribution in [2.75, 3.05) is 18.0 Å². The number of para-hydroxylation sites is 1. The zero-order chi connectivity index (χ0) is 17.2. The third kappa shape index (κ3) is 2.81. The molecule has 0 unspecified atom stereocenters. The highest BCUT2D eigenvalue weighted by Gasteiger charge is 2.28. The van der Waals surface area contributed by atoms with Gasteiger partial charge in [-0.1, -0.05) is 23.3 Å². The van der Waals surface area contributed by atoms with Crippen LogP contribution in [0, 0.1) is 0 Å². The van der Waals surface area contributed by atoms with Crippen LogP contribution >= 0.6 is 0 Å². The standard InChI is InChI=1S/C16H20N8O/c1-2-23-14(17-19-16(23)25)12-7-6-10-22(11-12)15-18-20-21-24(15)13-8-4-3-5-9-13/h3-5,8-9,12H,2,6-7,10-11H2,1H3,(H,19,25)/t12-/m0/s1. The van der Waals surface area contributed by atoms with Crippen LogP contribution in [0.25, 0.3) is 5.69 Å². The van der Waals surface area contributed by atoms with Gasteiger partial charge in [-0.3, -0.25) is 4.57 Å². The predicted molar refractivity (Wildman–Crippen MR) is 91.9 cm³/mol. The van der Waals surface area contributed by atoms with Crippen LogP contribution in [-0.2, 0) is 6.54 Å². The average Bonchev–Trinajstić information content (AvgIpc) is 3.29. The lowest BCUT2D eigenvalue weighted by molar-refractivity contribution is 0.465. The summed E-state index contributed by atoms with van der Waals surface area (Å²) < 4.78 is 3.45. The summed E-state index contributed by atoms with van der Waals surface area (Å²) in [6.07, 6.45) is 1.99. The van der Waals surface area contributed by atoms with Gasteiger partial charge in [0.1, 0.15) is 5.82 Å². The van der Waals surface area contributed by atoms with Crippen molar-refractivity contribution in [2.24, 2.45) is 0 Å². The van der Waals surface area contributed by atoms with E-state index in [2.05, 4.69) is 30.6 Å². The summed E-state index contributed by atoms with van der Waals surface area (Å²) in [5.41, 5.74) is 0.776. The third-order valence-corrected chi connectivity index (χ3v) is 4.63. The van der Waals surface area contributed by atoms with Gasteiger partial charge in [-0.05, 0) is 42.3 Å². The smallest absolute Gasteiger partial charge is 0.339 e. The quantitative estimate of drug-likeness (QED) is 0.759. The third-order valence-electron chi connectivity index (χ3n) is 4.63. The molecule has 2 aromatic heterocycles. The summed E-state index contributed by atoms with van der Waals surface area (Å²) in [5, 5.41) is 19.0. The lowest BCUT2D eigenvalue weighted by atomic mass is 9.97. The Kier molecular flexibility index (Phi) is 4.04. The molecule has 1 fully saturated rings. The molecule has 130 valence electrons. The number of nitrogens with one attached hydrogen (secondary N) is 1. The fraction of sp³-hybridized carbons (Fsp3) is 0.438. The van der Waals surface area contributed by atoms with E-state index >= 15 is 0 Å². The topological polar surface area (TPSA) is 97.5 Å². The first-order valence-electron chi connectivity index (χ1n) is 8.51. The van der Waals surface area contributed by atoms with Crippen LogP contribution in [0.5, 0.6) is 0 Å². The Bertz CT molecular complexity index is 896. The van der Waals surface area contributed by atoms with Crippen LogP contribution in [0.3, 0.4) is 0 Å². The fourth-order valence-electron chi connectivity index (χ4n) is 3.43. The molecule has 0 amide bonds. The van der Waals surface area contributed by atoms with Gasteiger partial charge < -0.3 is 4.90 Å². The van der Waals surface area contributed by atoms with Gasteiger partial charge in [0.25, 0.3) is 0 Å². The molecule has 4 rings (SSSR count). The number of anilines is 1. The summed E-state index contributed by atoms with van der Waals surface area (Å²) in [6, 6.07) is 9.84. The number of piperidine rings is 1. The van der Waals surface area contributed by atoms with Gasteiger partial charge in [0.15, 0.2) is 0 Å². The molecule has 0 spiro atoms. The highest BCUT2D eigenvalue weighted by Crippen LogP contribution is 2.28. The Hall–Kier alpha value is -2.97. The Morgan fingerprint density at radius 3 is 2.92 bits per heavy atom. The Labute approximate surface area is 144 Å². The Balaban J connectivity index is 1.63. The molecule has 0 bridgehead atoms. The van der Waals surface area contributed by atoms with Crippen molar-refractivity contribution >= 4 is 5.95 Å². The normalized spacial score (nSPS) is 17.8. The van der Waals surface area contributed by atoms with Crippen molar-refractivity contribution in [3.8, 4) is 5.69 Å². The molecule has 1 aliphatic rings. The number of tetrazole rings is 1. The largest absolute Gasteiger partial charge is 0.343 e. The van der Waals surface area contributed by atoms with Crippen LogP contribution < -0.4 is 10.6 Å². The van der Waals surface area contributed by atoms with E-state index in [1.165, 1.54) is 0 Å². The maximum Gasteiger partial charge on any atom is 0.343 e. The summed E-state index contributed by atoms with van der Waals surface area (Å²) in [7, 11) is 0. The molecule has 3 aromatic rings. The fourth-order valence-corrected chi connectivity index (χ4v) is 3.43. The second-order valence-electron chi connectivity index (χ2n) is 6.14. The summed E-state index contributed by atoms with van der Waals surface area (Å²) in [6.45, 7) is 4.18. The zero-order valence-corrected chi connectivity index (χ0v) is 14.0. The minimum absolute atomic E-state index is 0.149. The monoisotopic (exact) mass is 340 g/mol. The van der Waals surface area contributed by atoms with E-state index in [9.17, 15) is 4.79 Å². The van der Waals surface area contributed by atoms with E-state index in [1.54, 1.807) is 9.25 Å². The summed E-state index contributed by atoms with van der Waals surface area (Å²) >= 11 is 0. The van der Waals surface area contributed by atoms with E-state index in [0.717, 1.165) is 43.4 Å². The SMILES string of the molecule is CCn1c([C@H]2CCCN(c3nnnn3-c3ccccc3)C2)n[nH]c1=O. The first-order chi connectivity index (χ1) is 12.3. The predicted octanol–water partition coefficient (Wildman–Crippen LogP) is 0.951. The minimum Gasteiger partial charge on any atom is -0.339 e. The van der Waals surface area contributed by atoms with Crippen molar-refractivity contribution in [2.45, 2.75) is 32.2 Å². The van der Waals surface area contributed by atoms with Gasteiger partial charge in [-0.15, -0.1) is 0 Å². The molecule has 0 radical (unpaired) electrons.